The number of anilines is 8. The van der Waals surface area contributed by atoms with E-state index in [9.17, 15) is 10.2 Å². The maximum Gasteiger partial charge on any atom is 0.233 e. The number of fused-ring (bicyclic) bond motifs is 2. The Hall–Kier alpha value is -7.66. The van der Waals surface area contributed by atoms with E-state index in [0.717, 1.165) is 69.2 Å². The smallest absolute Gasteiger partial charge is 0.233 e. The van der Waals surface area contributed by atoms with E-state index in [4.69, 9.17) is 0 Å². The van der Waals surface area contributed by atoms with Crippen molar-refractivity contribution in [1.82, 2.24) is 29.9 Å². The van der Waals surface area contributed by atoms with Gasteiger partial charge >= 0.3 is 0 Å². The van der Waals surface area contributed by atoms with Crippen molar-refractivity contribution < 1.29 is 19.3 Å². The summed E-state index contributed by atoms with van der Waals surface area (Å²) in [5.41, 5.74) is 6.73. The molecule has 4 heterocycles. The number of para-hydroxylation sites is 2. The lowest BCUT2D eigenvalue weighted by Crippen LogP contribution is -2.32. The molecule has 8 aromatic rings. The number of rotatable bonds is 25. The van der Waals surface area contributed by atoms with Gasteiger partial charge in [0, 0.05) is 73.3 Å². The summed E-state index contributed by atoms with van der Waals surface area (Å²) in [6.07, 6.45) is 4.05. The molecule has 0 spiro atoms. The molecule has 0 unspecified atom stereocenters. The van der Waals surface area contributed by atoms with Crippen molar-refractivity contribution in [2.75, 3.05) is 82.8 Å². The first-order valence-corrected chi connectivity index (χ1v) is 25.3. The van der Waals surface area contributed by atoms with Gasteiger partial charge in [-0.25, -0.2) is 0 Å². The van der Waals surface area contributed by atoms with Crippen molar-refractivity contribution in [3.05, 3.63) is 122 Å². The molecule has 0 aliphatic heterocycles. The van der Waals surface area contributed by atoms with Crippen LogP contribution in [0.5, 0.6) is 0 Å². The third-order valence-corrected chi connectivity index (χ3v) is 12.8. The summed E-state index contributed by atoms with van der Waals surface area (Å²) < 4.78 is 4.36. The highest BCUT2D eigenvalue weighted by atomic mass is 33.1. The predicted molar refractivity (Wildman–Crippen MR) is 280 cm³/mol. The van der Waals surface area contributed by atoms with Crippen LogP contribution in [0.15, 0.2) is 142 Å². The Morgan fingerprint density at radius 3 is 1.20 bits per heavy atom. The summed E-state index contributed by atoms with van der Waals surface area (Å²) in [5.74, 6) is 3.66. The molecule has 0 saturated heterocycles. The summed E-state index contributed by atoms with van der Waals surface area (Å²) in [7, 11) is 3.41. The second-order valence-electron chi connectivity index (χ2n) is 15.2. The van der Waals surface area contributed by atoms with Crippen molar-refractivity contribution in [2.45, 2.75) is 26.9 Å². The number of hydrogen-bond donors (Lipinski definition) is 8. The van der Waals surface area contributed by atoms with Gasteiger partial charge in [-0.3, -0.25) is 0 Å². The van der Waals surface area contributed by atoms with E-state index in [-0.39, 0.29) is 26.3 Å². The molecule has 70 heavy (non-hydrogen) atoms. The zero-order chi connectivity index (χ0) is 48.3. The lowest BCUT2D eigenvalue weighted by molar-refractivity contribution is -0.667. The Balaban J connectivity index is 0.798. The first-order valence-electron chi connectivity index (χ1n) is 22.8. The minimum Gasteiger partial charge on any atom is -0.395 e. The Kier molecular flexibility index (Phi) is 17.5. The van der Waals surface area contributed by atoms with E-state index in [1.807, 2.05) is 97.3 Å². The van der Waals surface area contributed by atoms with Crippen LogP contribution in [0.1, 0.15) is 13.8 Å². The highest BCUT2D eigenvalue weighted by molar-refractivity contribution is 8.76. The fourth-order valence-electron chi connectivity index (χ4n) is 7.02. The summed E-state index contributed by atoms with van der Waals surface area (Å²) >= 11 is 0. The Morgan fingerprint density at radius 1 is 0.443 bits per heavy atom. The first kappa shape index (κ1) is 48.8. The normalized spacial score (nSPS) is 11.4. The number of benzene rings is 4. The number of pyridine rings is 2. The van der Waals surface area contributed by atoms with Crippen LogP contribution in [-0.4, -0.2) is 91.0 Å². The average Bonchev–Trinajstić information content (AvgIpc) is 3.39. The van der Waals surface area contributed by atoms with Crippen LogP contribution in [0.2, 0.25) is 0 Å². The predicted octanol–water partition coefficient (Wildman–Crippen LogP) is 9.01. The fourth-order valence-corrected chi connectivity index (χ4v) is 8.83. The third kappa shape index (κ3) is 13.5. The molecule has 4 aromatic carbocycles. The molecule has 8 rings (SSSR count). The lowest BCUT2D eigenvalue weighted by atomic mass is 10.2. The van der Waals surface area contributed by atoms with E-state index in [0.29, 0.717) is 60.2 Å². The zero-order valence-electron chi connectivity index (χ0n) is 38.7. The van der Waals surface area contributed by atoms with Gasteiger partial charge in [-0.15, -0.1) is 10.2 Å². The Bertz CT molecular complexity index is 2830. The van der Waals surface area contributed by atoms with Crippen molar-refractivity contribution in [3.8, 4) is 0 Å². The second kappa shape index (κ2) is 25.1. The maximum absolute atomic E-state index is 9.41. The molecule has 8 N–H and O–H groups in total. The van der Waals surface area contributed by atoms with Crippen LogP contribution < -0.4 is 41.0 Å². The van der Waals surface area contributed by atoms with Gasteiger partial charge in [0.05, 0.1) is 35.4 Å². The van der Waals surface area contributed by atoms with Gasteiger partial charge in [-0.05, 0) is 74.5 Å². The minimum atomic E-state index is -0.0721. The Morgan fingerprint density at radius 2 is 0.814 bits per heavy atom. The molecule has 0 bridgehead atoms. The van der Waals surface area contributed by atoms with Gasteiger partial charge in [0.2, 0.25) is 46.7 Å². The number of aromatic nitrogens is 8. The fraction of sp³-hybridized carbons (Fsp3) is 0.250. The van der Waals surface area contributed by atoms with Crippen LogP contribution in [-0.2, 0) is 13.1 Å². The maximum atomic E-state index is 9.41. The number of aliphatic hydroxyl groups is 2. The van der Waals surface area contributed by atoms with Gasteiger partial charge in [0.25, 0.3) is 0 Å². The molecule has 0 amide bonds. The van der Waals surface area contributed by atoms with Crippen molar-refractivity contribution in [3.63, 3.8) is 0 Å². The van der Waals surface area contributed by atoms with Crippen LogP contribution in [0, 0.1) is 0 Å². The van der Waals surface area contributed by atoms with Gasteiger partial charge in [-0.1, -0.05) is 45.9 Å². The van der Waals surface area contributed by atoms with Crippen molar-refractivity contribution in [1.29, 1.82) is 0 Å². The van der Waals surface area contributed by atoms with E-state index in [1.165, 1.54) is 0 Å². The molecule has 358 valence electrons. The van der Waals surface area contributed by atoms with E-state index < -0.39 is 0 Å². The summed E-state index contributed by atoms with van der Waals surface area (Å²) in [6, 6.07) is 35.3. The van der Waals surface area contributed by atoms with Gasteiger partial charge in [-0.2, -0.15) is 49.3 Å². The molecule has 0 saturated carbocycles. The van der Waals surface area contributed by atoms with Crippen LogP contribution in [0.25, 0.3) is 21.8 Å². The summed E-state index contributed by atoms with van der Waals surface area (Å²) in [6.45, 7) is 7.58. The third-order valence-electron chi connectivity index (χ3n) is 10.4. The first-order chi connectivity index (χ1) is 34.5. The second-order valence-corrected chi connectivity index (χ2v) is 17.9. The van der Waals surface area contributed by atoms with Crippen LogP contribution in [0.4, 0.5) is 69.8 Å². The van der Waals surface area contributed by atoms with Crippen LogP contribution in [0.3, 0.4) is 0 Å². The standard InChI is InChI=1S/C48H52N18O2S2/c1-3-65-27-21-39(37-9-5-7-11-41(37)65)63-61-35-17-13-33(14-18-35)53-47-57-43(49-23-29-67)55-45(59-47)51-25-31-69-70-32-26-52-46-56-44(50-24-30-68)58-48(60-46)54-34-15-19-36(20-16-34)62-64-40-22-28-66(4-2)42-12-8-6-10-38(40)42/h5-22,27-28,67-68H,3-4,23-26,29-32H2,1-2H3,(H4,49,50,51,52,55,56,57,58,59,60)/p+2. The number of azo groups is 2. The molecule has 0 aliphatic rings. The van der Waals surface area contributed by atoms with Gasteiger partial charge in [0.1, 0.15) is 24.5 Å². The molecule has 0 atom stereocenters. The number of aryl methyl sites for hydroxylation is 2. The van der Waals surface area contributed by atoms with E-state index in [2.05, 4.69) is 130 Å². The number of aliphatic hydroxyl groups excluding tert-OH is 2. The van der Waals surface area contributed by atoms with Crippen molar-refractivity contribution >= 4 is 113 Å². The van der Waals surface area contributed by atoms with E-state index in [1.54, 1.807) is 21.6 Å². The SMILES string of the molecule is CC[n+]1ccc(N=Nc2ccc(Nc3nc(NCCO)nc(NCCSSCCNc4nc(NCCO)nc(Nc5ccc(N=Nc6cc[n+](CC)c7ccccc67)cc5)n4)n3)cc2)c2ccccc21. The molecule has 0 aliphatic carbocycles. The summed E-state index contributed by atoms with van der Waals surface area (Å²) in [5, 5.41) is 58.1. The van der Waals surface area contributed by atoms with Gasteiger partial charge < -0.3 is 42.1 Å². The van der Waals surface area contributed by atoms with Crippen LogP contribution >= 0.6 is 21.6 Å². The molecular formula is C48H54N18O2S2+2. The molecule has 0 radical (unpaired) electrons. The van der Waals surface area contributed by atoms with E-state index >= 15 is 0 Å². The number of nitrogens with zero attached hydrogens (tertiary/aromatic N) is 12. The zero-order valence-corrected chi connectivity index (χ0v) is 40.3. The molecular weight excluding hydrogens is 925 g/mol. The minimum absolute atomic E-state index is 0.0721. The highest BCUT2D eigenvalue weighted by Crippen LogP contribution is 2.29. The number of nitrogens with one attached hydrogen (secondary N) is 6. The monoisotopic (exact) mass is 978 g/mol. The highest BCUT2D eigenvalue weighted by Gasteiger charge is 2.13. The summed E-state index contributed by atoms with van der Waals surface area (Å²) in [4.78, 5) is 27.1. The Labute approximate surface area is 412 Å². The van der Waals surface area contributed by atoms with Crippen molar-refractivity contribution in [2.24, 2.45) is 20.5 Å². The molecule has 4 aromatic heterocycles. The molecule has 20 nitrogen and oxygen atoms in total. The number of hydrogen-bond acceptors (Lipinski definition) is 20. The van der Waals surface area contributed by atoms with Gasteiger partial charge in [0.15, 0.2) is 12.4 Å². The molecule has 0 fully saturated rings. The molecule has 22 heteroatoms. The lowest BCUT2D eigenvalue weighted by Gasteiger charge is -2.11. The topological polar surface area (TPSA) is 247 Å². The quantitative estimate of drug-likeness (QED) is 0.0115. The average molecular weight is 979 g/mol. The largest absolute Gasteiger partial charge is 0.395 e.